The Morgan fingerprint density at radius 2 is 2.13 bits per heavy atom. The van der Waals surface area contributed by atoms with E-state index in [0.717, 1.165) is 30.0 Å². The average Bonchev–Trinajstić information content (AvgIpc) is 3.14. The van der Waals surface area contributed by atoms with Crippen LogP contribution in [0, 0.1) is 6.92 Å². The van der Waals surface area contributed by atoms with Crippen LogP contribution in [0.15, 0.2) is 47.3 Å². The van der Waals surface area contributed by atoms with Crippen molar-refractivity contribution in [3.05, 3.63) is 62.8 Å². The summed E-state index contributed by atoms with van der Waals surface area (Å²) in [6, 6.07) is 5.36. The molecule has 0 aliphatic rings. The lowest BCUT2D eigenvalue weighted by molar-refractivity contribution is 0.548. The van der Waals surface area contributed by atoms with Crippen LogP contribution >= 0.6 is 34.5 Å². The van der Waals surface area contributed by atoms with Crippen molar-refractivity contribution < 1.29 is 0 Å². The number of hydrogen-bond donors (Lipinski definition) is 0. The first-order valence-corrected chi connectivity index (χ1v) is 8.87. The minimum absolute atomic E-state index is 0.563. The van der Waals surface area contributed by atoms with Gasteiger partial charge in [0.1, 0.15) is 0 Å². The molecule has 4 nitrogen and oxygen atoms in total. The largest absolute Gasteiger partial charge is 0.337 e. The summed E-state index contributed by atoms with van der Waals surface area (Å²) in [5.74, 6) is 0. The Morgan fingerprint density at radius 1 is 1.26 bits per heavy atom. The van der Waals surface area contributed by atoms with Gasteiger partial charge in [-0.1, -0.05) is 23.2 Å². The predicted molar refractivity (Wildman–Crippen MR) is 95.6 cm³/mol. The zero-order valence-corrected chi connectivity index (χ0v) is 14.9. The molecule has 0 aliphatic heterocycles. The lowest BCUT2D eigenvalue weighted by Gasteiger charge is -2.07. The van der Waals surface area contributed by atoms with Gasteiger partial charge in [0.15, 0.2) is 4.80 Å². The molecule has 0 spiro atoms. The van der Waals surface area contributed by atoms with Crippen molar-refractivity contribution in [3.8, 4) is 0 Å². The molecule has 2 aromatic heterocycles. The van der Waals surface area contributed by atoms with Crippen LogP contribution in [0.3, 0.4) is 0 Å². The standard InChI is InChI=1S/C16H16Cl2N4S/c1-12-10-23-16(20-15-4-3-13(17)9-14(15)18)22(12)7-2-6-21-8-5-19-11-21/h3-5,8-11H,2,6-7H2,1H3. The van der Waals surface area contributed by atoms with Gasteiger partial charge in [-0.3, -0.25) is 0 Å². The molecule has 0 radical (unpaired) electrons. The van der Waals surface area contributed by atoms with E-state index in [9.17, 15) is 0 Å². The van der Waals surface area contributed by atoms with Gasteiger partial charge in [0.05, 0.1) is 17.0 Å². The van der Waals surface area contributed by atoms with Crippen LogP contribution in [-0.4, -0.2) is 14.1 Å². The van der Waals surface area contributed by atoms with Gasteiger partial charge in [0.2, 0.25) is 0 Å². The van der Waals surface area contributed by atoms with Crippen LogP contribution in [0.25, 0.3) is 0 Å². The second kappa shape index (κ2) is 7.34. The van der Waals surface area contributed by atoms with Crippen LogP contribution in [0.1, 0.15) is 12.1 Å². The van der Waals surface area contributed by atoms with E-state index in [4.69, 9.17) is 23.2 Å². The molecule has 0 fully saturated rings. The molecule has 0 N–H and O–H groups in total. The van der Waals surface area contributed by atoms with Crippen molar-refractivity contribution in [2.24, 2.45) is 4.99 Å². The molecule has 3 rings (SSSR count). The lowest BCUT2D eigenvalue weighted by atomic mass is 10.3. The van der Waals surface area contributed by atoms with Gasteiger partial charge < -0.3 is 9.13 Å². The maximum Gasteiger partial charge on any atom is 0.190 e. The molecule has 0 bridgehead atoms. The molecule has 0 amide bonds. The van der Waals surface area contributed by atoms with Gasteiger partial charge in [-0.05, 0) is 31.5 Å². The highest BCUT2D eigenvalue weighted by Gasteiger charge is 2.04. The molecule has 0 aliphatic carbocycles. The SMILES string of the molecule is Cc1csc(=Nc2ccc(Cl)cc2Cl)n1CCCn1ccnc1. The highest BCUT2D eigenvalue weighted by Crippen LogP contribution is 2.27. The second-order valence-corrected chi connectivity index (χ2v) is 6.85. The molecule has 2 heterocycles. The number of hydrogen-bond acceptors (Lipinski definition) is 3. The Bertz CT molecular complexity index is 849. The van der Waals surface area contributed by atoms with Crippen LogP contribution in [0.4, 0.5) is 5.69 Å². The number of aromatic nitrogens is 3. The first-order chi connectivity index (χ1) is 11.1. The minimum atomic E-state index is 0.563. The van der Waals surface area contributed by atoms with E-state index >= 15 is 0 Å². The van der Waals surface area contributed by atoms with E-state index in [1.54, 1.807) is 29.7 Å². The maximum absolute atomic E-state index is 6.22. The van der Waals surface area contributed by atoms with E-state index in [0.29, 0.717) is 10.0 Å². The lowest BCUT2D eigenvalue weighted by Crippen LogP contribution is -2.17. The fraction of sp³-hybridized carbons (Fsp3) is 0.250. The average molecular weight is 367 g/mol. The van der Waals surface area contributed by atoms with Crippen molar-refractivity contribution in [1.29, 1.82) is 0 Å². The van der Waals surface area contributed by atoms with Crippen LogP contribution in [0.5, 0.6) is 0 Å². The van der Waals surface area contributed by atoms with Crippen molar-refractivity contribution in [1.82, 2.24) is 14.1 Å². The molecule has 0 unspecified atom stereocenters. The Kier molecular flexibility index (Phi) is 5.20. The number of imidazole rings is 1. The third kappa shape index (κ3) is 4.05. The molecule has 0 atom stereocenters. The number of halogens is 2. The highest BCUT2D eigenvalue weighted by atomic mass is 35.5. The molecular formula is C16H16Cl2N4S. The first-order valence-electron chi connectivity index (χ1n) is 7.24. The third-order valence-electron chi connectivity index (χ3n) is 3.47. The summed E-state index contributed by atoms with van der Waals surface area (Å²) in [6.07, 6.45) is 6.62. The normalized spacial score (nSPS) is 12.0. The van der Waals surface area contributed by atoms with Gasteiger partial charge in [0.25, 0.3) is 0 Å². The second-order valence-electron chi connectivity index (χ2n) is 5.17. The molecule has 7 heteroatoms. The van der Waals surface area contributed by atoms with E-state index in [2.05, 4.69) is 31.4 Å². The molecule has 120 valence electrons. The predicted octanol–water partition coefficient (Wildman–Crippen LogP) is 4.68. The van der Waals surface area contributed by atoms with E-state index < -0.39 is 0 Å². The van der Waals surface area contributed by atoms with Crippen LogP contribution in [0.2, 0.25) is 10.0 Å². The van der Waals surface area contributed by atoms with Crippen molar-refractivity contribution in [3.63, 3.8) is 0 Å². The van der Waals surface area contributed by atoms with E-state index in [1.165, 1.54) is 5.69 Å². The number of nitrogens with zero attached hydrogens (tertiary/aromatic N) is 4. The number of thiazole rings is 1. The quantitative estimate of drug-likeness (QED) is 0.645. The highest BCUT2D eigenvalue weighted by molar-refractivity contribution is 7.07. The van der Waals surface area contributed by atoms with Gasteiger partial charge in [0, 0.05) is 41.6 Å². The zero-order valence-electron chi connectivity index (χ0n) is 12.6. The van der Waals surface area contributed by atoms with E-state index in [-0.39, 0.29) is 0 Å². The summed E-state index contributed by atoms with van der Waals surface area (Å²) < 4.78 is 4.29. The van der Waals surface area contributed by atoms with Crippen LogP contribution in [-0.2, 0) is 13.1 Å². The maximum atomic E-state index is 6.22. The fourth-order valence-corrected chi connectivity index (χ4v) is 3.65. The topological polar surface area (TPSA) is 35.1 Å². The monoisotopic (exact) mass is 366 g/mol. The first kappa shape index (κ1) is 16.3. The van der Waals surface area contributed by atoms with E-state index in [1.807, 2.05) is 18.6 Å². The van der Waals surface area contributed by atoms with Crippen molar-refractivity contribution in [2.45, 2.75) is 26.4 Å². The third-order valence-corrected chi connectivity index (χ3v) is 4.99. The summed E-state index contributed by atoms with van der Waals surface area (Å²) in [7, 11) is 0. The zero-order chi connectivity index (χ0) is 16.2. The molecule has 23 heavy (non-hydrogen) atoms. The summed E-state index contributed by atoms with van der Waals surface area (Å²) in [4.78, 5) is 9.69. The van der Waals surface area contributed by atoms with Crippen molar-refractivity contribution >= 4 is 40.2 Å². The summed E-state index contributed by atoms with van der Waals surface area (Å²) in [5.41, 5.74) is 1.94. The number of rotatable bonds is 5. The summed E-state index contributed by atoms with van der Waals surface area (Å²) >= 11 is 13.8. The van der Waals surface area contributed by atoms with Gasteiger partial charge in [-0.2, -0.15) is 0 Å². The summed E-state index contributed by atoms with van der Waals surface area (Å²) in [5, 5.41) is 3.29. The van der Waals surface area contributed by atoms with Gasteiger partial charge in [-0.25, -0.2) is 9.98 Å². The molecule has 3 aromatic rings. The van der Waals surface area contributed by atoms with Gasteiger partial charge >= 0.3 is 0 Å². The Hall–Kier alpha value is -1.56. The van der Waals surface area contributed by atoms with Crippen molar-refractivity contribution in [2.75, 3.05) is 0 Å². The number of benzene rings is 1. The number of aryl methyl sites for hydroxylation is 2. The van der Waals surface area contributed by atoms with Crippen LogP contribution < -0.4 is 4.80 Å². The molecule has 1 aromatic carbocycles. The minimum Gasteiger partial charge on any atom is -0.337 e. The fourth-order valence-electron chi connectivity index (χ4n) is 2.28. The molecule has 0 saturated heterocycles. The van der Waals surface area contributed by atoms with Gasteiger partial charge in [-0.15, -0.1) is 11.3 Å². The smallest absolute Gasteiger partial charge is 0.190 e. The Morgan fingerprint density at radius 3 is 2.87 bits per heavy atom. The Labute approximate surface area is 148 Å². The molecule has 0 saturated carbocycles. The molecular weight excluding hydrogens is 351 g/mol. The summed E-state index contributed by atoms with van der Waals surface area (Å²) in [6.45, 7) is 3.93. The Balaban J connectivity index is 1.81.